The lowest BCUT2D eigenvalue weighted by Crippen LogP contribution is -2.19. The fourth-order valence-corrected chi connectivity index (χ4v) is 2.31. The number of ether oxygens (including phenoxy) is 1. The molecule has 2 aromatic rings. The second-order valence-corrected chi connectivity index (χ2v) is 5.03. The Morgan fingerprint density at radius 3 is 2.81 bits per heavy atom. The maximum atomic E-state index is 6.02. The zero-order valence-electron chi connectivity index (χ0n) is 12.4. The molecule has 0 saturated heterocycles. The number of methoxy groups -OCH3 is 1. The molecule has 0 radical (unpaired) electrons. The van der Waals surface area contributed by atoms with Gasteiger partial charge in [-0.05, 0) is 24.6 Å². The maximum Gasteiger partial charge on any atom is 0.204 e. The number of halogens is 1. The van der Waals surface area contributed by atoms with Crippen molar-refractivity contribution in [2.75, 3.05) is 30.9 Å². The SMILES string of the molecule is CCNc1ncnc(N(C)Cc2cccc(Cl)c2)c1OC. The largest absolute Gasteiger partial charge is 0.490 e. The summed E-state index contributed by atoms with van der Waals surface area (Å²) in [5.41, 5.74) is 1.11. The van der Waals surface area contributed by atoms with Crippen LogP contribution in [0.3, 0.4) is 0 Å². The van der Waals surface area contributed by atoms with E-state index in [2.05, 4.69) is 15.3 Å². The van der Waals surface area contributed by atoms with Gasteiger partial charge in [-0.25, -0.2) is 9.97 Å². The second-order valence-electron chi connectivity index (χ2n) is 4.60. The van der Waals surface area contributed by atoms with Gasteiger partial charge in [0.05, 0.1) is 7.11 Å². The van der Waals surface area contributed by atoms with E-state index < -0.39 is 0 Å². The van der Waals surface area contributed by atoms with E-state index in [1.807, 2.05) is 43.1 Å². The van der Waals surface area contributed by atoms with Crippen molar-refractivity contribution in [1.82, 2.24) is 9.97 Å². The van der Waals surface area contributed by atoms with Gasteiger partial charge in [0.2, 0.25) is 5.75 Å². The van der Waals surface area contributed by atoms with Gasteiger partial charge in [-0.3, -0.25) is 0 Å². The lowest BCUT2D eigenvalue weighted by molar-refractivity contribution is 0.412. The molecule has 6 heteroatoms. The molecule has 0 spiro atoms. The van der Waals surface area contributed by atoms with Crippen LogP contribution in [0, 0.1) is 0 Å². The van der Waals surface area contributed by atoms with E-state index in [1.165, 1.54) is 6.33 Å². The van der Waals surface area contributed by atoms with Crippen molar-refractivity contribution in [2.24, 2.45) is 0 Å². The summed E-state index contributed by atoms with van der Waals surface area (Å²) in [4.78, 5) is 10.5. The second kappa shape index (κ2) is 7.13. The summed E-state index contributed by atoms with van der Waals surface area (Å²) in [5, 5.41) is 3.90. The van der Waals surface area contributed by atoms with Gasteiger partial charge in [-0.2, -0.15) is 0 Å². The molecular formula is C15H19ClN4O. The third-order valence-corrected chi connectivity index (χ3v) is 3.24. The average molecular weight is 307 g/mol. The van der Waals surface area contributed by atoms with Gasteiger partial charge in [0.25, 0.3) is 0 Å². The molecule has 0 aliphatic heterocycles. The Balaban J connectivity index is 2.26. The van der Waals surface area contributed by atoms with E-state index in [9.17, 15) is 0 Å². The quantitative estimate of drug-likeness (QED) is 0.888. The molecule has 0 bridgehead atoms. The first-order chi connectivity index (χ1) is 10.2. The predicted molar refractivity (Wildman–Crippen MR) is 86.3 cm³/mol. The molecule has 0 atom stereocenters. The van der Waals surface area contributed by atoms with Gasteiger partial charge in [0.1, 0.15) is 6.33 Å². The van der Waals surface area contributed by atoms with Gasteiger partial charge >= 0.3 is 0 Å². The fourth-order valence-electron chi connectivity index (χ4n) is 2.10. The van der Waals surface area contributed by atoms with Crippen molar-refractivity contribution in [2.45, 2.75) is 13.5 Å². The van der Waals surface area contributed by atoms with Crippen LogP contribution in [-0.4, -0.2) is 30.7 Å². The highest BCUT2D eigenvalue weighted by atomic mass is 35.5. The molecule has 5 nitrogen and oxygen atoms in total. The van der Waals surface area contributed by atoms with Gasteiger partial charge in [-0.15, -0.1) is 0 Å². The Labute approximate surface area is 129 Å². The molecule has 1 aromatic heterocycles. The lowest BCUT2D eigenvalue weighted by atomic mass is 10.2. The van der Waals surface area contributed by atoms with Crippen LogP contribution in [0.4, 0.5) is 11.6 Å². The summed E-state index contributed by atoms with van der Waals surface area (Å²) in [7, 11) is 3.58. The summed E-state index contributed by atoms with van der Waals surface area (Å²) in [6.45, 7) is 3.46. The highest BCUT2D eigenvalue weighted by Crippen LogP contribution is 2.31. The summed E-state index contributed by atoms with van der Waals surface area (Å²) in [5.74, 6) is 2.08. The highest BCUT2D eigenvalue weighted by molar-refractivity contribution is 6.30. The minimum Gasteiger partial charge on any atom is -0.490 e. The molecule has 0 saturated carbocycles. The number of hydrogen-bond donors (Lipinski definition) is 1. The van der Waals surface area contributed by atoms with Crippen molar-refractivity contribution in [3.8, 4) is 5.75 Å². The molecular weight excluding hydrogens is 288 g/mol. The number of nitrogens with one attached hydrogen (secondary N) is 1. The van der Waals surface area contributed by atoms with Crippen LogP contribution in [0.1, 0.15) is 12.5 Å². The number of hydrogen-bond acceptors (Lipinski definition) is 5. The van der Waals surface area contributed by atoms with E-state index in [-0.39, 0.29) is 0 Å². The number of anilines is 2. The number of nitrogens with zero attached hydrogens (tertiary/aromatic N) is 3. The Morgan fingerprint density at radius 1 is 1.33 bits per heavy atom. The van der Waals surface area contributed by atoms with Crippen molar-refractivity contribution < 1.29 is 4.74 Å². The van der Waals surface area contributed by atoms with E-state index >= 15 is 0 Å². The smallest absolute Gasteiger partial charge is 0.204 e. The minimum atomic E-state index is 0.642. The molecule has 0 aliphatic carbocycles. The van der Waals surface area contributed by atoms with E-state index in [4.69, 9.17) is 16.3 Å². The fraction of sp³-hybridized carbons (Fsp3) is 0.333. The molecule has 0 unspecified atom stereocenters. The molecule has 112 valence electrons. The number of benzene rings is 1. The molecule has 2 rings (SSSR count). The molecule has 1 aromatic carbocycles. The molecule has 0 amide bonds. The third-order valence-electron chi connectivity index (χ3n) is 3.00. The summed E-state index contributed by atoms with van der Waals surface area (Å²) >= 11 is 6.02. The van der Waals surface area contributed by atoms with Crippen molar-refractivity contribution >= 4 is 23.2 Å². The minimum absolute atomic E-state index is 0.642. The van der Waals surface area contributed by atoms with Crippen LogP contribution in [0.5, 0.6) is 5.75 Å². The zero-order chi connectivity index (χ0) is 15.2. The van der Waals surface area contributed by atoms with Gasteiger partial charge in [-0.1, -0.05) is 23.7 Å². The van der Waals surface area contributed by atoms with E-state index in [0.29, 0.717) is 18.1 Å². The number of aromatic nitrogens is 2. The summed E-state index contributed by atoms with van der Waals surface area (Å²) < 4.78 is 5.46. The zero-order valence-corrected chi connectivity index (χ0v) is 13.2. The Hall–Kier alpha value is -2.01. The van der Waals surface area contributed by atoms with Crippen LogP contribution in [0.2, 0.25) is 5.02 Å². The highest BCUT2D eigenvalue weighted by Gasteiger charge is 2.15. The normalized spacial score (nSPS) is 10.3. The summed E-state index contributed by atoms with van der Waals surface area (Å²) in [6.07, 6.45) is 1.53. The van der Waals surface area contributed by atoms with Crippen molar-refractivity contribution in [3.63, 3.8) is 0 Å². The van der Waals surface area contributed by atoms with Gasteiger partial charge < -0.3 is 15.0 Å². The summed E-state index contributed by atoms with van der Waals surface area (Å²) in [6, 6.07) is 7.77. The number of rotatable bonds is 6. The molecule has 0 fully saturated rings. The maximum absolute atomic E-state index is 6.02. The first-order valence-corrected chi connectivity index (χ1v) is 7.12. The molecule has 1 heterocycles. The van der Waals surface area contributed by atoms with Crippen LogP contribution in [0.25, 0.3) is 0 Å². The molecule has 21 heavy (non-hydrogen) atoms. The first-order valence-electron chi connectivity index (χ1n) is 6.74. The average Bonchev–Trinajstić information content (AvgIpc) is 2.47. The van der Waals surface area contributed by atoms with Crippen molar-refractivity contribution in [3.05, 3.63) is 41.2 Å². The Morgan fingerprint density at radius 2 is 2.14 bits per heavy atom. The van der Waals surface area contributed by atoms with Crippen LogP contribution in [-0.2, 0) is 6.54 Å². The molecule has 1 N–H and O–H groups in total. The van der Waals surface area contributed by atoms with E-state index in [0.717, 1.165) is 22.9 Å². The predicted octanol–water partition coefficient (Wildman–Crippen LogP) is 3.21. The monoisotopic (exact) mass is 306 g/mol. The van der Waals surface area contributed by atoms with Gasteiger partial charge in [0.15, 0.2) is 11.6 Å². The van der Waals surface area contributed by atoms with E-state index in [1.54, 1.807) is 7.11 Å². The van der Waals surface area contributed by atoms with Crippen molar-refractivity contribution in [1.29, 1.82) is 0 Å². The Bertz CT molecular complexity index is 606. The third kappa shape index (κ3) is 3.76. The topological polar surface area (TPSA) is 50.3 Å². The standard InChI is InChI=1S/C15H19ClN4O/c1-4-17-14-13(21-3)15(19-10-18-14)20(2)9-11-6-5-7-12(16)8-11/h5-8,10H,4,9H2,1-3H3,(H,17,18,19). The Kier molecular flexibility index (Phi) is 5.22. The van der Waals surface area contributed by atoms with Crippen LogP contribution >= 0.6 is 11.6 Å². The van der Waals surface area contributed by atoms with Gasteiger partial charge in [0, 0.05) is 25.2 Å². The van der Waals surface area contributed by atoms with Crippen LogP contribution < -0.4 is 15.0 Å². The molecule has 0 aliphatic rings. The van der Waals surface area contributed by atoms with Crippen LogP contribution in [0.15, 0.2) is 30.6 Å². The first kappa shape index (κ1) is 15.4. The lowest BCUT2D eigenvalue weighted by Gasteiger charge is -2.21.